The normalized spacial score (nSPS) is 12.4. The highest BCUT2D eigenvalue weighted by Gasteiger charge is 2.26. The van der Waals surface area contributed by atoms with Crippen LogP contribution >= 0.6 is 140 Å². The van der Waals surface area contributed by atoms with Crippen molar-refractivity contribution >= 4 is 181 Å². The number of nitrogens with zero attached hydrogens (tertiary/aromatic N) is 6. The molecule has 9 heterocycles. The summed E-state index contributed by atoms with van der Waals surface area (Å²) in [4.78, 5) is 40.0. The number of rotatable bonds is 0. The van der Waals surface area contributed by atoms with E-state index in [9.17, 15) is 0 Å². The second-order valence-corrected chi connectivity index (χ2v) is 21.0. The number of nitrogens with one attached hydrogen (secondary N) is 2. The summed E-state index contributed by atoms with van der Waals surface area (Å²) in [5.74, 6) is 2.20. The Morgan fingerprint density at radius 1 is 0.350 bits per heavy atom. The molecule has 0 fully saturated rings. The van der Waals surface area contributed by atoms with E-state index in [1.807, 2.05) is 0 Å². The summed E-state index contributed by atoms with van der Waals surface area (Å²) in [5.41, 5.74) is 2.55. The van der Waals surface area contributed by atoms with E-state index >= 15 is 0 Å². The van der Waals surface area contributed by atoms with Crippen LogP contribution in [0.2, 0.25) is 0 Å². The molecule has 8 nitrogen and oxygen atoms in total. The lowest BCUT2D eigenvalue weighted by molar-refractivity contribution is 1.19. The van der Waals surface area contributed by atoms with Crippen LogP contribution in [0.25, 0.3) is 84.2 Å². The fourth-order valence-corrected chi connectivity index (χ4v) is 14.2. The molecular weight excluding hydrogens is 737 g/mol. The van der Waals surface area contributed by atoms with Crippen LogP contribution in [0.4, 0.5) is 0 Å². The van der Waals surface area contributed by atoms with Crippen molar-refractivity contribution in [1.82, 2.24) is 39.9 Å². The van der Waals surface area contributed by atoms with Gasteiger partial charge in [-0.05, 0) is 0 Å². The molecule has 8 bridgehead atoms. The van der Waals surface area contributed by atoms with Gasteiger partial charge in [0.2, 0.25) is 0 Å². The van der Waals surface area contributed by atoms with Crippen molar-refractivity contribution in [2.24, 2.45) is 0 Å². The topological polar surface area (TPSA) is 109 Å². The average molecular weight is 739 g/mol. The third kappa shape index (κ3) is 3.75. The maximum absolute atomic E-state index is 5.55. The van der Waals surface area contributed by atoms with E-state index in [-0.39, 0.29) is 0 Å². The largest absolute Gasteiger partial charge is 0.322 e. The second-order valence-electron chi connectivity index (χ2n) is 8.06. The molecule has 194 valence electrons. The van der Waals surface area contributed by atoms with Crippen LogP contribution < -0.4 is 0 Å². The molecule has 0 aromatic carbocycles. The average Bonchev–Trinajstić information content (AvgIpc) is 3.73. The molecule has 0 saturated carbocycles. The summed E-state index contributed by atoms with van der Waals surface area (Å²) in [6.45, 7) is 0. The molecule has 7 aromatic rings. The van der Waals surface area contributed by atoms with Crippen LogP contribution in [0.5, 0.6) is 0 Å². The van der Waals surface area contributed by atoms with Crippen LogP contribution in [0.1, 0.15) is 0 Å². The van der Waals surface area contributed by atoms with Gasteiger partial charge in [0.1, 0.15) is 12.6 Å². The van der Waals surface area contributed by atoms with E-state index in [0.717, 1.165) is 50.9 Å². The predicted molar refractivity (Wildman–Crippen MR) is 182 cm³/mol. The molecule has 40 heavy (non-hydrogen) atoms. The maximum Gasteiger partial charge on any atom is 0.175 e. The number of aromatic amines is 2. The molecule has 0 atom stereocenters. The predicted octanol–water partition coefficient (Wildman–Crippen LogP) is 10.3. The first kappa shape index (κ1) is 25.0. The molecule has 0 unspecified atom stereocenters. The molecule has 20 heteroatoms. The lowest BCUT2D eigenvalue weighted by atomic mass is 10.4. The van der Waals surface area contributed by atoms with Crippen LogP contribution in [-0.2, 0) is 0 Å². The molecule has 2 aliphatic heterocycles. The Kier molecular flexibility index (Phi) is 5.60. The summed E-state index contributed by atoms with van der Waals surface area (Å²) >= 11 is 34.1. The van der Waals surface area contributed by atoms with Crippen LogP contribution in [-0.4, -0.2) is 39.9 Å². The minimum atomic E-state index is 0.551. The fourth-order valence-electron chi connectivity index (χ4n) is 4.23. The van der Waals surface area contributed by atoms with Crippen LogP contribution in [0, 0.1) is 12.6 Å². The second kappa shape index (κ2) is 8.97. The summed E-state index contributed by atoms with van der Waals surface area (Å²) in [7, 11) is 0. The molecule has 7 aromatic heterocycles. The molecule has 2 aliphatic rings. The first-order valence-electron chi connectivity index (χ1n) is 10.8. The van der Waals surface area contributed by atoms with Gasteiger partial charge in [-0.2, -0.15) is 0 Å². The molecule has 9 rings (SSSR count). The first-order chi connectivity index (χ1) is 19.4. The van der Waals surface area contributed by atoms with E-state index < -0.39 is 0 Å². The minimum absolute atomic E-state index is 0.551. The summed E-state index contributed by atoms with van der Waals surface area (Å²) < 4.78 is 6.83. The van der Waals surface area contributed by atoms with Crippen molar-refractivity contribution in [3.8, 4) is 42.8 Å². The van der Waals surface area contributed by atoms with E-state index in [0.29, 0.717) is 45.9 Å². The van der Waals surface area contributed by atoms with Crippen LogP contribution in [0.3, 0.4) is 0 Å². The maximum atomic E-state index is 5.55. The number of hydrogen-bond acceptors (Lipinski definition) is 18. The highest BCUT2D eigenvalue weighted by molar-refractivity contribution is 7.78. The van der Waals surface area contributed by atoms with Gasteiger partial charge >= 0.3 is 0 Å². The molecule has 0 amide bonds. The summed E-state index contributed by atoms with van der Waals surface area (Å²) in [6.07, 6.45) is 0. The van der Waals surface area contributed by atoms with Gasteiger partial charge in [0.25, 0.3) is 0 Å². The Hall–Kier alpha value is -1.56. The van der Waals surface area contributed by atoms with E-state index in [4.69, 9.17) is 78.8 Å². The number of H-pyrrole nitrogens is 2. The molecule has 0 radical (unpaired) electrons. The highest BCUT2D eigenvalue weighted by atomic mass is 32.2. The molecule has 2 N–H and O–H groups in total. The van der Waals surface area contributed by atoms with Gasteiger partial charge in [0, 0.05) is 0 Å². The number of fused-ring (bicyclic) bond motifs is 20. The van der Waals surface area contributed by atoms with Gasteiger partial charge in [0.05, 0.1) is 38.3 Å². The number of hydrogen-bond donors (Lipinski definition) is 2. The monoisotopic (exact) mass is 738 g/mol. The first-order valence-corrected chi connectivity index (χ1v) is 18.9. The zero-order valence-electron chi connectivity index (χ0n) is 18.6. The fraction of sp³-hybridized carbons (Fsp3) is 0. The Bertz CT molecular complexity index is 2320. The zero-order chi connectivity index (χ0) is 26.9. The van der Waals surface area contributed by atoms with Gasteiger partial charge in [0.15, 0.2) is 45.9 Å². The smallest absolute Gasteiger partial charge is 0.175 e. The van der Waals surface area contributed by atoms with Gasteiger partial charge in [-0.15, -0.1) is 90.7 Å². The van der Waals surface area contributed by atoms with E-state index in [2.05, 4.69) is 9.97 Å². The standard InChI is InChI=1S/C20H2N8S12/c29-17-33-1-2(34-17)10-21-9(1)25-11-3-4(36-18(30)35-3)13(22-11)27-15-7-8(40-20(32)39-7)16(24-15)28-14-6-5(12(23-14)26-10)37-19(31)38-6/h(H2,21,22,23,24,25,26,27,28). The zero-order valence-corrected chi connectivity index (χ0v) is 28.4. The third-order valence-corrected chi connectivity index (χ3v) is 16.4. The van der Waals surface area contributed by atoms with Crippen LogP contribution in [0.15, 0.2) is 0 Å². The van der Waals surface area contributed by atoms with E-state index in [1.54, 1.807) is 0 Å². The highest BCUT2D eigenvalue weighted by Crippen LogP contribution is 2.46. The minimum Gasteiger partial charge on any atom is -0.322 e. The summed E-state index contributed by atoms with van der Waals surface area (Å²) in [6, 6.07) is 0. The Morgan fingerprint density at radius 3 is 0.875 bits per heavy atom. The Labute approximate surface area is 273 Å². The lowest BCUT2D eigenvalue weighted by Crippen LogP contribution is -1.83. The molecular formula is C20H2N8S12. The Morgan fingerprint density at radius 2 is 0.600 bits per heavy atom. The third-order valence-electron chi connectivity index (χ3n) is 5.75. The van der Waals surface area contributed by atoms with Crippen molar-refractivity contribution in [1.29, 1.82) is 0 Å². The van der Waals surface area contributed by atoms with Gasteiger partial charge in [-0.3, -0.25) is 0 Å². The molecule has 0 aliphatic carbocycles. The van der Waals surface area contributed by atoms with Gasteiger partial charge in [-0.25, -0.2) is 29.9 Å². The number of aromatic nitrogens is 8. The quantitative estimate of drug-likeness (QED) is 0.146. The van der Waals surface area contributed by atoms with Gasteiger partial charge < -0.3 is 9.97 Å². The SMILES string of the molecule is S=c1sc2c(s1)-c1nc-2nc2[nH]c(nc3nc(nc4[nH]c(n1)c1sc(=S)sc41)-c1sc(=S)sc1-3)c1sc(=S)sc21. The van der Waals surface area contributed by atoms with Crippen molar-refractivity contribution in [3.63, 3.8) is 0 Å². The lowest BCUT2D eigenvalue weighted by Gasteiger charge is -1.87. The van der Waals surface area contributed by atoms with Crippen molar-refractivity contribution in [2.75, 3.05) is 0 Å². The van der Waals surface area contributed by atoms with E-state index in [1.165, 1.54) is 90.7 Å². The molecule has 0 saturated heterocycles. The van der Waals surface area contributed by atoms with Crippen molar-refractivity contribution < 1.29 is 0 Å². The molecule has 0 spiro atoms. The Balaban J connectivity index is 1.53. The van der Waals surface area contributed by atoms with Crippen molar-refractivity contribution in [3.05, 3.63) is 12.6 Å². The summed E-state index contributed by atoms with van der Waals surface area (Å²) in [5, 5.41) is 0. The van der Waals surface area contributed by atoms with Crippen molar-refractivity contribution in [2.45, 2.75) is 0 Å². The van der Waals surface area contributed by atoms with Gasteiger partial charge in [-0.1, -0.05) is 48.9 Å².